The maximum atomic E-state index is 13.8. The molecule has 11 heteroatoms. The minimum absolute atomic E-state index is 0.148. The number of carbonyl (C=O) groups is 2. The van der Waals surface area contributed by atoms with Crippen LogP contribution in [0, 0.1) is 11.8 Å². The monoisotopic (exact) mass is 532 g/mol. The average molecular weight is 533 g/mol. The first-order valence-electron chi connectivity index (χ1n) is 13.2. The van der Waals surface area contributed by atoms with Crippen LogP contribution in [0.25, 0.3) is 0 Å². The van der Waals surface area contributed by atoms with Gasteiger partial charge < -0.3 is 20.0 Å². The van der Waals surface area contributed by atoms with Crippen LogP contribution in [-0.2, 0) is 17.5 Å². The standard InChI is InChI=1S/C27H35F3N6O2/c1-18(37)33(3)23-14-32-36(17-23)25(38)35-15-20-11-26(2,12-21(20)16-35)31-13-19-10-22(34-8-4-5-9-34)6-7-24(19)27(28,29)30/h6-7,10,14,17,20-21,31H,4-5,8-9,11-13,15-16H2,1-3H3. The number of fused-ring (bicyclic) bond motifs is 1. The Bertz CT molecular complexity index is 1190. The molecule has 1 aromatic carbocycles. The third-order valence-corrected chi connectivity index (χ3v) is 8.47. The molecule has 5 rings (SSSR count). The predicted octanol–water partition coefficient (Wildman–Crippen LogP) is 4.34. The van der Waals surface area contributed by atoms with Crippen molar-refractivity contribution < 1.29 is 22.8 Å². The van der Waals surface area contributed by atoms with Crippen molar-refractivity contribution >= 4 is 23.3 Å². The maximum Gasteiger partial charge on any atom is 0.416 e. The normalized spacial score (nSPS) is 25.2. The zero-order valence-corrected chi connectivity index (χ0v) is 22.1. The van der Waals surface area contributed by atoms with Crippen molar-refractivity contribution in [2.24, 2.45) is 11.8 Å². The molecule has 8 nitrogen and oxygen atoms in total. The van der Waals surface area contributed by atoms with E-state index in [1.807, 2.05) is 0 Å². The van der Waals surface area contributed by atoms with E-state index in [2.05, 4.69) is 22.2 Å². The van der Waals surface area contributed by atoms with Crippen LogP contribution in [0.3, 0.4) is 0 Å². The minimum Gasteiger partial charge on any atom is -0.372 e. The van der Waals surface area contributed by atoms with E-state index in [4.69, 9.17) is 0 Å². The van der Waals surface area contributed by atoms with Crippen molar-refractivity contribution in [2.45, 2.75) is 57.8 Å². The van der Waals surface area contributed by atoms with E-state index in [1.54, 1.807) is 30.3 Å². The highest BCUT2D eigenvalue weighted by atomic mass is 19.4. The van der Waals surface area contributed by atoms with E-state index in [1.165, 1.54) is 28.8 Å². The molecule has 0 bridgehead atoms. The van der Waals surface area contributed by atoms with Gasteiger partial charge in [0.2, 0.25) is 5.91 Å². The summed E-state index contributed by atoms with van der Waals surface area (Å²) in [6, 6.07) is 4.27. The third-order valence-electron chi connectivity index (χ3n) is 8.47. The number of benzene rings is 1. The number of hydrogen-bond donors (Lipinski definition) is 1. The molecule has 2 atom stereocenters. The summed E-state index contributed by atoms with van der Waals surface area (Å²) in [6.45, 7) is 6.58. The number of nitrogens with one attached hydrogen (secondary N) is 1. The van der Waals surface area contributed by atoms with Crippen LogP contribution in [0.1, 0.15) is 50.7 Å². The third kappa shape index (κ3) is 5.25. The Labute approximate surface area is 220 Å². The molecule has 1 saturated carbocycles. The average Bonchev–Trinajstić information content (AvgIpc) is 3.65. The number of carbonyl (C=O) groups excluding carboxylic acids is 2. The first-order chi connectivity index (χ1) is 17.9. The molecule has 2 aliphatic heterocycles. The molecule has 2 unspecified atom stereocenters. The Hall–Kier alpha value is -3.08. The fraction of sp³-hybridized carbons (Fsp3) is 0.593. The number of anilines is 2. The molecule has 0 spiro atoms. The zero-order valence-electron chi connectivity index (χ0n) is 22.1. The zero-order chi connectivity index (χ0) is 27.2. The Morgan fingerprint density at radius 1 is 1.16 bits per heavy atom. The van der Waals surface area contributed by atoms with Gasteiger partial charge in [0.05, 0.1) is 23.6 Å². The van der Waals surface area contributed by atoms with E-state index >= 15 is 0 Å². The number of nitrogens with zero attached hydrogens (tertiary/aromatic N) is 5. The van der Waals surface area contributed by atoms with Crippen molar-refractivity contribution in [3.8, 4) is 0 Å². The van der Waals surface area contributed by atoms with E-state index in [9.17, 15) is 22.8 Å². The second kappa shape index (κ2) is 9.91. The van der Waals surface area contributed by atoms with Crippen LogP contribution in [0.5, 0.6) is 0 Å². The SMILES string of the molecule is CC(=O)N(C)c1cnn(C(=O)N2CC3CC(C)(NCc4cc(N5CCCC5)ccc4C(F)(F)F)CC3C2)c1. The van der Waals surface area contributed by atoms with E-state index in [0.29, 0.717) is 18.8 Å². The lowest BCUT2D eigenvalue weighted by Crippen LogP contribution is -2.42. The number of halogens is 3. The van der Waals surface area contributed by atoms with Crippen LogP contribution in [-0.4, -0.2) is 65.4 Å². The molecular weight excluding hydrogens is 497 g/mol. The summed E-state index contributed by atoms with van der Waals surface area (Å²) in [6.07, 6.45) is 2.33. The second-order valence-electron chi connectivity index (χ2n) is 11.3. The van der Waals surface area contributed by atoms with Crippen molar-refractivity contribution in [3.63, 3.8) is 0 Å². The minimum atomic E-state index is -4.40. The quantitative estimate of drug-likeness (QED) is 0.620. The summed E-state index contributed by atoms with van der Waals surface area (Å²) in [5.74, 6) is 0.387. The molecule has 1 N–H and O–H groups in total. The van der Waals surface area contributed by atoms with Gasteiger partial charge in [0.15, 0.2) is 0 Å². The molecule has 38 heavy (non-hydrogen) atoms. The number of rotatable bonds is 5. The first kappa shape index (κ1) is 26.5. The van der Waals surface area contributed by atoms with Crippen LogP contribution in [0.2, 0.25) is 0 Å². The molecule has 206 valence electrons. The Morgan fingerprint density at radius 3 is 2.42 bits per heavy atom. The maximum absolute atomic E-state index is 13.8. The molecular formula is C27H35F3N6O2. The molecule has 3 aliphatic rings. The number of hydrogen-bond acceptors (Lipinski definition) is 5. The molecule has 3 heterocycles. The van der Waals surface area contributed by atoms with E-state index in [-0.39, 0.29) is 41.4 Å². The van der Waals surface area contributed by atoms with Gasteiger partial charge in [0, 0.05) is 57.9 Å². The molecule has 2 aromatic rings. The van der Waals surface area contributed by atoms with Crippen LogP contribution >= 0.6 is 0 Å². The molecule has 1 aliphatic carbocycles. The number of amides is 2. The van der Waals surface area contributed by atoms with Gasteiger partial charge in [-0.2, -0.15) is 23.0 Å². The summed E-state index contributed by atoms with van der Waals surface area (Å²) < 4.78 is 42.6. The summed E-state index contributed by atoms with van der Waals surface area (Å²) in [5.41, 5.74) is 0.794. The highest BCUT2D eigenvalue weighted by Gasteiger charge is 2.48. The van der Waals surface area contributed by atoms with Crippen molar-refractivity contribution in [3.05, 3.63) is 41.7 Å². The fourth-order valence-corrected chi connectivity index (χ4v) is 6.34. The van der Waals surface area contributed by atoms with Crippen molar-refractivity contribution in [2.75, 3.05) is 43.0 Å². The van der Waals surface area contributed by atoms with Gasteiger partial charge in [-0.05, 0) is 68.2 Å². The van der Waals surface area contributed by atoms with Crippen LogP contribution in [0.4, 0.5) is 29.3 Å². The summed E-state index contributed by atoms with van der Waals surface area (Å²) >= 11 is 0. The summed E-state index contributed by atoms with van der Waals surface area (Å²) in [7, 11) is 1.63. The number of likely N-dealkylation sites (tertiary alicyclic amines) is 1. The molecule has 1 aromatic heterocycles. The summed E-state index contributed by atoms with van der Waals surface area (Å²) in [5, 5.41) is 7.60. The molecule has 3 fully saturated rings. The van der Waals surface area contributed by atoms with Gasteiger partial charge in [-0.3, -0.25) is 4.79 Å². The van der Waals surface area contributed by atoms with Gasteiger partial charge in [0.1, 0.15) is 0 Å². The number of aromatic nitrogens is 2. The topological polar surface area (TPSA) is 73.7 Å². The highest BCUT2D eigenvalue weighted by Crippen LogP contribution is 2.44. The number of alkyl halides is 3. The first-order valence-corrected chi connectivity index (χ1v) is 13.2. The van der Waals surface area contributed by atoms with Crippen LogP contribution < -0.4 is 15.1 Å². The molecule has 2 amide bonds. The predicted molar refractivity (Wildman–Crippen MR) is 138 cm³/mol. The van der Waals surface area contributed by atoms with Gasteiger partial charge >= 0.3 is 12.2 Å². The lowest BCUT2D eigenvalue weighted by molar-refractivity contribution is -0.138. The lowest BCUT2D eigenvalue weighted by Gasteiger charge is -2.30. The smallest absolute Gasteiger partial charge is 0.372 e. The van der Waals surface area contributed by atoms with E-state index in [0.717, 1.165) is 44.5 Å². The molecule has 2 saturated heterocycles. The lowest BCUT2D eigenvalue weighted by atomic mass is 9.96. The fourth-order valence-electron chi connectivity index (χ4n) is 6.34. The largest absolute Gasteiger partial charge is 0.416 e. The van der Waals surface area contributed by atoms with Gasteiger partial charge in [-0.25, -0.2) is 4.79 Å². The van der Waals surface area contributed by atoms with E-state index < -0.39 is 11.7 Å². The summed E-state index contributed by atoms with van der Waals surface area (Å²) in [4.78, 5) is 30.0. The molecule has 0 radical (unpaired) electrons. The Balaban J connectivity index is 1.22. The second-order valence-corrected chi connectivity index (χ2v) is 11.3. The Morgan fingerprint density at radius 2 is 1.82 bits per heavy atom. The van der Waals surface area contributed by atoms with Crippen molar-refractivity contribution in [1.29, 1.82) is 0 Å². The van der Waals surface area contributed by atoms with Gasteiger partial charge in [-0.15, -0.1) is 0 Å². The van der Waals surface area contributed by atoms with Crippen LogP contribution in [0.15, 0.2) is 30.6 Å². The van der Waals surface area contributed by atoms with Gasteiger partial charge in [0.25, 0.3) is 0 Å². The van der Waals surface area contributed by atoms with Crippen molar-refractivity contribution in [1.82, 2.24) is 20.0 Å². The highest BCUT2D eigenvalue weighted by molar-refractivity contribution is 5.91. The van der Waals surface area contributed by atoms with Gasteiger partial charge in [-0.1, -0.05) is 0 Å². The Kier molecular flexibility index (Phi) is 6.91.